The molecular formula is C17H20ClNO. The number of phenolic OH excluding ortho intramolecular Hbond substituents is 1. The van der Waals surface area contributed by atoms with Crippen LogP contribution in [0.3, 0.4) is 0 Å². The summed E-state index contributed by atoms with van der Waals surface area (Å²) in [5.74, 6) is 0.381. The number of aromatic hydroxyl groups is 1. The number of nitrogens with one attached hydrogen (secondary N) is 1. The standard InChI is InChI=1S/C17H20ClNO/c1-3-16(13-7-9-15(18)10-8-13)19-11-14-6-4-5-12(2)17(14)20/h4-10,16,19-20H,3,11H2,1-2H3. The average Bonchev–Trinajstić information content (AvgIpc) is 2.45. The van der Waals surface area contributed by atoms with Crippen LogP contribution in [-0.4, -0.2) is 5.11 Å². The van der Waals surface area contributed by atoms with Crippen molar-refractivity contribution in [1.82, 2.24) is 5.32 Å². The van der Waals surface area contributed by atoms with Crippen LogP contribution >= 0.6 is 11.6 Å². The van der Waals surface area contributed by atoms with Crippen molar-refractivity contribution in [1.29, 1.82) is 0 Å². The smallest absolute Gasteiger partial charge is 0.122 e. The van der Waals surface area contributed by atoms with Crippen LogP contribution in [0.25, 0.3) is 0 Å². The van der Waals surface area contributed by atoms with Crippen molar-refractivity contribution < 1.29 is 5.11 Å². The number of rotatable bonds is 5. The summed E-state index contributed by atoms with van der Waals surface area (Å²) >= 11 is 5.92. The zero-order valence-electron chi connectivity index (χ0n) is 11.9. The highest BCUT2D eigenvalue weighted by Gasteiger charge is 2.10. The van der Waals surface area contributed by atoms with E-state index < -0.39 is 0 Å². The molecule has 0 aliphatic heterocycles. The second kappa shape index (κ2) is 6.78. The van der Waals surface area contributed by atoms with E-state index in [0.29, 0.717) is 12.3 Å². The van der Waals surface area contributed by atoms with Crippen LogP contribution in [0.2, 0.25) is 5.02 Å². The van der Waals surface area contributed by atoms with Gasteiger partial charge in [-0.3, -0.25) is 0 Å². The predicted molar refractivity (Wildman–Crippen MR) is 84.2 cm³/mol. The van der Waals surface area contributed by atoms with Crippen molar-refractivity contribution in [2.24, 2.45) is 0 Å². The number of hydrogen-bond acceptors (Lipinski definition) is 2. The second-order valence-electron chi connectivity index (χ2n) is 4.98. The summed E-state index contributed by atoms with van der Waals surface area (Å²) in [7, 11) is 0. The molecule has 0 heterocycles. The fourth-order valence-corrected chi connectivity index (χ4v) is 2.41. The van der Waals surface area contributed by atoms with E-state index in [1.54, 1.807) is 0 Å². The SMILES string of the molecule is CCC(NCc1cccc(C)c1O)c1ccc(Cl)cc1. The molecule has 0 aliphatic rings. The van der Waals surface area contributed by atoms with Crippen molar-refractivity contribution in [3.8, 4) is 5.75 Å². The van der Waals surface area contributed by atoms with E-state index in [0.717, 1.165) is 22.6 Å². The van der Waals surface area contributed by atoms with Crippen LogP contribution in [0.1, 0.15) is 36.1 Å². The predicted octanol–water partition coefficient (Wildman–Crippen LogP) is 4.59. The number of aryl methyl sites for hydroxylation is 1. The Morgan fingerprint density at radius 3 is 2.50 bits per heavy atom. The maximum atomic E-state index is 10.0. The Hall–Kier alpha value is -1.51. The van der Waals surface area contributed by atoms with Crippen LogP contribution in [-0.2, 0) is 6.54 Å². The lowest BCUT2D eigenvalue weighted by molar-refractivity contribution is 0.451. The number of para-hydroxylation sites is 1. The monoisotopic (exact) mass is 289 g/mol. The molecule has 2 nitrogen and oxygen atoms in total. The molecule has 0 spiro atoms. The van der Waals surface area contributed by atoms with Crippen LogP contribution in [0.5, 0.6) is 5.75 Å². The lowest BCUT2D eigenvalue weighted by Gasteiger charge is -2.18. The van der Waals surface area contributed by atoms with Crippen molar-refractivity contribution in [2.45, 2.75) is 32.9 Å². The van der Waals surface area contributed by atoms with Crippen molar-refractivity contribution in [2.75, 3.05) is 0 Å². The molecule has 0 saturated heterocycles. The molecule has 1 atom stereocenters. The van der Waals surface area contributed by atoms with Crippen LogP contribution in [0, 0.1) is 6.92 Å². The van der Waals surface area contributed by atoms with Gasteiger partial charge in [-0.1, -0.05) is 48.9 Å². The van der Waals surface area contributed by atoms with E-state index in [1.807, 2.05) is 49.4 Å². The first-order valence-corrected chi connectivity index (χ1v) is 7.26. The molecule has 3 heteroatoms. The van der Waals surface area contributed by atoms with Gasteiger partial charge >= 0.3 is 0 Å². The first-order chi connectivity index (χ1) is 9.61. The highest BCUT2D eigenvalue weighted by Crippen LogP contribution is 2.24. The van der Waals surface area contributed by atoms with Crippen molar-refractivity contribution in [3.63, 3.8) is 0 Å². The summed E-state index contributed by atoms with van der Waals surface area (Å²) in [4.78, 5) is 0. The third-order valence-corrected chi connectivity index (χ3v) is 3.79. The van der Waals surface area contributed by atoms with E-state index in [9.17, 15) is 5.11 Å². The Morgan fingerprint density at radius 2 is 1.85 bits per heavy atom. The Labute approximate surface area is 125 Å². The fraction of sp³-hybridized carbons (Fsp3) is 0.294. The normalized spacial score (nSPS) is 12.3. The molecule has 0 aliphatic carbocycles. The molecule has 20 heavy (non-hydrogen) atoms. The molecule has 0 radical (unpaired) electrons. The van der Waals surface area contributed by atoms with Gasteiger partial charge < -0.3 is 10.4 Å². The maximum absolute atomic E-state index is 10.0. The Balaban J connectivity index is 2.07. The van der Waals surface area contributed by atoms with Crippen molar-refractivity contribution >= 4 is 11.6 Å². The molecule has 0 fully saturated rings. The Kier molecular flexibility index (Phi) is 5.05. The minimum absolute atomic E-state index is 0.257. The lowest BCUT2D eigenvalue weighted by atomic mass is 10.0. The summed E-state index contributed by atoms with van der Waals surface area (Å²) in [6.45, 7) is 4.70. The average molecular weight is 290 g/mol. The molecule has 0 bridgehead atoms. The lowest BCUT2D eigenvalue weighted by Crippen LogP contribution is -2.20. The first-order valence-electron chi connectivity index (χ1n) is 6.88. The van der Waals surface area contributed by atoms with E-state index in [1.165, 1.54) is 5.56 Å². The highest BCUT2D eigenvalue weighted by molar-refractivity contribution is 6.30. The summed E-state index contributed by atoms with van der Waals surface area (Å²) in [6.07, 6.45) is 0.980. The minimum Gasteiger partial charge on any atom is -0.507 e. The number of hydrogen-bond donors (Lipinski definition) is 2. The van der Waals surface area contributed by atoms with Gasteiger partial charge in [0.1, 0.15) is 5.75 Å². The van der Waals surface area contributed by atoms with Crippen LogP contribution in [0.15, 0.2) is 42.5 Å². The second-order valence-corrected chi connectivity index (χ2v) is 5.41. The van der Waals surface area contributed by atoms with Crippen LogP contribution in [0.4, 0.5) is 0 Å². The van der Waals surface area contributed by atoms with Gasteiger partial charge in [-0.15, -0.1) is 0 Å². The largest absolute Gasteiger partial charge is 0.507 e. The van der Waals surface area contributed by atoms with E-state index >= 15 is 0 Å². The number of halogens is 1. The minimum atomic E-state index is 0.257. The van der Waals surface area contributed by atoms with E-state index in [4.69, 9.17) is 11.6 Å². The fourth-order valence-electron chi connectivity index (χ4n) is 2.29. The highest BCUT2D eigenvalue weighted by atomic mass is 35.5. The summed E-state index contributed by atoms with van der Waals surface area (Å²) in [5.41, 5.74) is 3.05. The summed E-state index contributed by atoms with van der Waals surface area (Å²) < 4.78 is 0. The summed E-state index contributed by atoms with van der Waals surface area (Å²) in [5, 5.41) is 14.3. The third-order valence-electron chi connectivity index (χ3n) is 3.54. The van der Waals surface area contributed by atoms with Gasteiger partial charge in [0.25, 0.3) is 0 Å². The van der Waals surface area contributed by atoms with Gasteiger partial charge in [0.2, 0.25) is 0 Å². The van der Waals surface area contributed by atoms with Crippen LogP contribution < -0.4 is 5.32 Å². The van der Waals surface area contributed by atoms with Gasteiger partial charge in [-0.2, -0.15) is 0 Å². The Bertz CT molecular complexity index is 566. The number of benzene rings is 2. The van der Waals surface area contributed by atoms with E-state index in [2.05, 4.69) is 12.2 Å². The van der Waals surface area contributed by atoms with Gasteiger partial charge in [0.15, 0.2) is 0 Å². The molecule has 1 unspecified atom stereocenters. The zero-order valence-corrected chi connectivity index (χ0v) is 12.6. The van der Waals surface area contributed by atoms with E-state index in [-0.39, 0.29) is 6.04 Å². The molecule has 2 aromatic rings. The molecule has 106 valence electrons. The topological polar surface area (TPSA) is 32.3 Å². The first kappa shape index (κ1) is 14.9. The Morgan fingerprint density at radius 1 is 1.15 bits per heavy atom. The van der Waals surface area contributed by atoms with Gasteiger partial charge in [-0.25, -0.2) is 0 Å². The molecule has 0 aromatic heterocycles. The van der Waals surface area contributed by atoms with Crippen molar-refractivity contribution in [3.05, 3.63) is 64.2 Å². The van der Waals surface area contributed by atoms with Gasteiger partial charge in [-0.05, 0) is 36.6 Å². The number of phenols is 1. The third kappa shape index (κ3) is 3.53. The van der Waals surface area contributed by atoms with Gasteiger partial charge in [0, 0.05) is 23.2 Å². The van der Waals surface area contributed by atoms with Gasteiger partial charge in [0.05, 0.1) is 0 Å². The zero-order chi connectivity index (χ0) is 14.5. The quantitative estimate of drug-likeness (QED) is 0.843. The molecule has 0 amide bonds. The molecule has 2 rings (SSSR count). The summed E-state index contributed by atoms with van der Waals surface area (Å²) in [6, 6.07) is 14.0. The maximum Gasteiger partial charge on any atom is 0.122 e. The molecule has 2 N–H and O–H groups in total. The molecular weight excluding hydrogens is 270 g/mol. The molecule has 2 aromatic carbocycles. The molecule has 0 saturated carbocycles.